The number of morpholine rings is 1. The quantitative estimate of drug-likeness (QED) is 0.265. The SMILES string of the molecule is COc1cc(N2CCC(N3CCOCC3)CC2)ccc1Nc1ncc(-c2ccc(C#N)c(OC(C)Cn3cncn3)c2)cn1.Cl. The largest absolute Gasteiger partial charge is 0.494 e. The number of nitrogens with zero attached hydrogens (tertiary/aromatic N) is 8. The molecule has 1 unspecified atom stereocenters. The maximum Gasteiger partial charge on any atom is 0.227 e. The molecule has 45 heavy (non-hydrogen) atoms. The first kappa shape index (κ1) is 32.0. The summed E-state index contributed by atoms with van der Waals surface area (Å²) in [4.78, 5) is 18.1. The zero-order valence-electron chi connectivity index (χ0n) is 25.5. The lowest BCUT2D eigenvalue weighted by atomic mass is 10.0. The molecule has 0 bridgehead atoms. The van der Waals surface area contributed by atoms with Crippen LogP contribution in [0, 0.1) is 11.3 Å². The minimum absolute atomic E-state index is 0. The number of methoxy groups -OCH3 is 1. The molecule has 2 aromatic carbocycles. The molecule has 0 aliphatic carbocycles. The van der Waals surface area contributed by atoms with E-state index >= 15 is 0 Å². The van der Waals surface area contributed by atoms with Crippen molar-refractivity contribution in [2.45, 2.75) is 38.5 Å². The van der Waals surface area contributed by atoms with E-state index in [4.69, 9.17) is 14.2 Å². The molecular weight excluding hydrogens is 594 g/mol. The fourth-order valence-corrected chi connectivity index (χ4v) is 5.81. The lowest BCUT2D eigenvalue weighted by Gasteiger charge is -2.40. The third-order valence-corrected chi connectivity index (χ3v) is 8.15. The normalized spacial score (nSPS) is 16.3. The van der Waals surface area contributed by atoms with E-state index in [9.17, 15) is 5.26 Å². The molecule has 2 aromatic heterocycles. The second-order valence-corrected chi connectivity index (χ2v) is 11.0. The van der Waals surface area contributed by atoms with Crippen LogP contribution in [0.1, 0.15) is 25.3 Å². The Hall–Kier alpha value is -4.44. The predicted octanol–water partition coefficient (Wildman–Crippen LogP) is 4.55. The van der Waals surface area contributed by atoms with Crippen molar-refractivity contribution in [1.29, 1.82) is 5.26 Å². The standard InChI is InChI=1S/C32H37N9O3.ClH/c1-23(20-41-22-34-21-37-41)44-30-15-24(3-4-25(30)17-33)26-18-35-32(36-19-26)38-29-6-5-28(16-31(29)42-2)39-9-7-27(8-10-39)40-11-13-43-14-12-40;/h3-6,15-16,18-19,21-23,27H,7-14,20H2,1-2H3,(H,35,36,38);1H. The Balaban J connectivity index is 0.00000400. The fourth-order valence-electron chi connectivity index (χ4n) is 5.81. The molecule has 0 radical (unpaired) electrons. The number of aromatic nitrogens is 5. The second kappa shape index (κ2) is 15.0. The molecule has 12 nitrogen and oxygen atoms in total. The molecule has 2 aliphatic rings. The van der Waals surface area contributed by atoms with Crippen LogP contribution >= 0.6 is 12.4 Å². The van der Waals surface area contributed by atoms with Gasteiger partial charge in [-0.25, -0.2) is 19.6 Å². The lowest BCUT2D eigenvalue weighted by Crippen LogP contribution is -2.49. The average molecular weight is 632 g/mol. The van der Waals surface area contributed by atoms with Gasteiger partial charge in [0.05, 0.1) is 38.1 Å². The van der Waals surface area contributed by atoms with Crippen LogP contribution in [-0.4, -0.2) is 88.3 Å². The van der Waals surface area contributed by atoms with Gasteiger partial charge in [0.25, 0.3) is 0 Å². The first-order valence-corrected chi connectivity index (χ1v) is 15.0. The van der Waals surface area contributed by atoms with Crippen molar-refractivity contribution in [3.05, 3.63) is 67.0 Å². The molecule has 1 atom stereocenters. The Labute approximate surface area is 269 Å². The van der Waals surface area contributed by atoms with Crippen LogP contribution in [0.5, 0.6) is 11.5 Å². The number of hydrogen-bond acceptors (Lipinski definition) is 11. The minimum atomic E-state index is -0.217. The average Bonchev–Trinajstić information content (AvgIpc) is 3.58. The fraction of sp³-hybridized carbons (Fsp3) is 0.406. The van der Waals surface area contributed by atoms with Crippen LogP contribution in [0.15, 0.2) is 61.4 Å². The first-order chi connectivity index (χ1) is 21.6. The molecule has 13 heteroatoms. The zero-order chi connectivity index (χ0) is 30.3. The van der Waals surface area contributed by atoms with Crippen LogP contribution in [0.2, 0.25) is 0 Å². The van der Waals surface area contributed by atoms with Gasteiger partial charge in [-0.3, -0.25) is 4.90 Å². The van der Waals surface area contributed by atoms with Gasteiger partial charge in [-0.05, 0) is 49.6 Å². The molecular formula is C32H38ClN9O3. The molecule has 0 amide bonds. The summed E-state index contributed by atoms with van der Waals surface area (Å²) in [7, 11) is 1.68. The summed E-state index contributed by atoms with van der Waals surface area (Å²) >= 11 is 0. The number of halogens is 1. The van der Waals surface area contributed by atoms with E-state index in [0.29, 0.717) is 29.8 Å². The Morgan fingerprint density at radius 2 is 1.80 bits per heavy atom. The summed E-state index contributed by atoms with van der Waals surface area (Å²) in [5, 5.41) is 17.0. The van der Waals surface area contributed by atoms with Gasteiger partial charge in [0, 0.05) is 61.9 Å². The number of nitrogens with one attached hydrogen (secondary N) is 1. The smallest absolute Gasteiger partial charge is 0.227 e. The minimum Gasteiger partial charge on any atom is -0.494 e. The maximum atomic E-state index is 9.61. The third-order valence-electron chi connectivity index (χ3n) is 8.15. The molecule has 1 N–H and O–H groups in total. The number of ether oxygens (including phenoxy) is 3. The number of nitriles is 1. The highest BCUT2D eigenvalue weighted by Crippen LogP contribution is 2.33. The van der Waals surface area contributed by atoms with Crippen molar-refractivity contribution in [2.24, 2.45) is 0 Å². The van der Waals surface area contributed by atoms with Crippen molar-refractivity contribution in [3.63, 3.8) is 0 Å². The van der Waals surface area contributed by atoms with E-state index in [1.807, 2.05) is 25.1 Å². The van der Waals surface area contributed by atoms with Gasteiger partial charge < -0.3 is 24.4 Å². The predicted molar refractivity (Wildman–Crippen MR) is 173 cm³/mol. The van der Waals surface area contributed by atoms with Gasteiger partial charge in [0.15, 0.2) is 0 Å². The van der Waals surface area contributed by atoms with E-state index < -0.39 is 0 Å². The lowest BCUT2D eigenvalue weighted by molar-refractivity contribution is 0.0115. The van der Waals surface area contributed by atoms with E-state index in [1.54, 1.807) is 36.6 Å². The molecule has 6 rings (SSSR count). The van der Waals surface area contributed by atoms with Gasteiger partial charge in [-0.2, -0.15) is 10.4 Å². The highest BCUT2D eigenvalue weighted by Gasteiger charge is 2.26. The molecule has 0 saturated carbocycles. The van der Waals surface area contributed by atoms with Crippen LogP contribution < -0.4 is 19.7 Å². The number of benzene rings is 2. The van der Waals surface area contributed by atoms with Crippen LogP contribution in [0.4, 0.5) is 17.3 Å². The van der Waals surface area contributed by atoms with Crippen molar-refractivity contribution < 1.29 is 14.2 Å². The Morgan fingerprint density at radius 1 is 1.02 bits per heavy atom. The molecule has 2 saturated heterocycles. The summed E-state index contributed by atoms with van der Waals surface area (Å²) in [6, 6.07) is 14.5. The first-order valence-electron chi connectivity index (χ1n) is 15.0. The van der Waals surface area contributed by atoms with Crippen LogP contribution in [0.25, 0.3) is 11.1 Å². The van der Waals surface area contributed by atoms with Crippen molar-refractivity contribution in [3.8, 4) is 28.7 Å². The maximum absolute atomic E-state index is 9.61. The van der Waals surface area contributed by atoms with Crippen molar-refractivity contribution in [2.75, 3.05) is 56.7 Å². The number of hydrogen-bond donors (Lipinski definition) is 1. The Bertz CT molecular complexity index is 1570. The summed E-state index contributed by atoms with van der Waals surface area (Å²) in [5.41, 5.74) is 4.05. The number of piperidine rings is 1. The zero-order valence-corrected chi connectivity index (χ0v) is 26.3. The Kier molecular flexibility index (Phi) is 10.7. The highest BCUT2D eigenvalue weighted by molar-refractivity contribution is 5.85. The Morgan fingerprint density at radius 3 is 2.49 bits per heavy atom. The highest BCUT2D eigenvalue weighted by atomic mass is 35.5. The number of anilines is 3. The molecule has 4 heterocycles. The van der Waals surface area contributed by atoms with Crippen molar-refractivity contribution in [1.82, 2.24) is 29.6 Å². The van der Waals surface area contributed by atoms with Crippen LogP contribution in [0.3, 0.4) is 0 Å². The summed E-state index contributed by atoms with van der Waals surface area (Å²) in [5.74, 6) is 1.69. The topological polar surface area (TPSA) is 126 Å². The monoisotopic (exact) mass is 631 g/mol. The number of rotatable bonds is 10. The van der Waals surface area contributed by atoms with E-state index in [0.717, 1.165) is 80.5 Å². The molecule has 0 spiro atoms. The van der Waals surface area contributed by atoms with E-state index in [-0.39, 0.29) is 18.5 Å². The third kappa shape index (κ3) is 7.81. The van der Waals surface area contributed by atoms with Gasteiger partial charge in [0.2, 0.25) is 5.95 Å². The van der Waals surface area contributed by atoms with E-state index in [1.165, 1.54) is 6.33 Å². The van der Waals surface area contributed by atoms with Gasteiger partial charge >= 0.3 is 0 Å². The van der Waals surface area contributed by atoms with Gasteiger partial charge in [-0.15, -0.1) is 12.4 Å². The van der Waals surface area contributed by atoms with Gasteiger partial charge in [0.1, 0.15) is 36.3 Å². The van der Waals surface area contributed by atoms with E-state index in [2.05, 4.69) is 53.4 Å². The van der Waals surface area contributed by atoms with Crippen LogP contribution in [-0.2, 0) is 11.3 Å². The summed E-state index contributed by atoms with van der Waals surface area (Å²) < 4.78 is 19.1. The summed E-state index contributed by atoms with van der Waals surface area (Å²) in [6.07, 6.45) is 8.70. The molecule has 4 aromatic rings. The second-order valence-electron chi connectivity index (χ2n) is 11.0. The molecule has 2 aliphatic heterocycles. The molecule has 236 valence electrons. The molecule has 2 fully saturated rings. The van der Waals surface area contributed by atoms with Crippen molar-refractivity contribution >= 4 is 29.7 Å². The van der Waals surface area contributed by atoms with Gasteiger partial charge in [-0.1, -0.05) is 6.07 Å². The summed E-state index contributed by atoms with van der Waals surface area (Å²) in [6.45, 7) is 8.23.